The summed E-state index contributed by atoms with van der Waals surface area (Å²) in [6, 6.07) is 12.8. The van der Waals surface area contributed by atoms with Crippen LogP contribution in [0.25, 0.3) is 0 Å². The topological polar surface area (TPSA) is 71.8 Å². The van der Waals surface area contributed by atoms with E-state index in [1.807, 2.05) is 47.4 Å². The number of rotatable bonds is 8. The minimum absolute atomic E-state index is 0.0214. The molecule has 0 radical (unpaired) electrons. The number of ether oxygens (including phenoxy) is 1. The summed E-state index contributed by atoms with van der Waals surface area (Å²) in [5.41, 5.74) is 0.660. The second-order valence-corrected chi connectivity index (χ2v) is 8.22. The van der Waals surface area contributed by atoms with Gasteiger partial charge in [0.05, 0.1) is 6.26 Å². The van der Waals surface area contributed by atoms with E-state index >= 15 is 0 Å². The van der Waals surface area contributed by atoms with Gasteiger partial charge in [0.15, 0.2) is 0 Å². The first kappa shape index (κ1) is 20.7. The van der Waals surface area contributed by atoms with Gasteiger partial charge in [-0.2, -0.15) is 0 Å². The molecule has 0 bridgehead atoms. The minimum Gasteiger partial charge on any atom is -0.467 e. The maximum atomic E-state index is 13.3. The van der Waals surface area contributed by atoms with Crippen LogP contribution in [-0.2, 0) is 16.1 Å². The zero-order valence-corrected chi connectivity index (χ0v) is 17.3. The lowest BCUT2D eigenvalue weighted by Crippen LogP contribution is -2.49. The lowest BCUT2D eigenvalue weighted by atomic mass is 9.84. The van der Waals surface area contributed by atoms with Crippen LogP contribution in [0.5, 0.6) is 0 Å². The summed E-state index contributed by atoms with van der Waals surface area (Å²) in [4.78, 5) is 28.1. The molecule has 1 N–H and O–H groups in total. The van der Waals surface area contributed by atoms with Gasteiger partial charge in [-0.05, 0) is 55.9 Å². The molecule has 3 atom stereocenters. The van der Waals surface area contributed by atoms with Crippen molar-refractivity contribution in [2.75, 3.05) is 13.2 Å². The van der Waals surface area contributed by atoms with E-state index in [2.05, 4.69) is 5.32 Å². The molecule has 2 heterocycles. The Kier molecular flexibility index (Phi) is 6.84. The summed E-state index contributed by atoms with van der Waals surface area (Å²) in [5, 5.41) is 3.03. The van der Waals surface area contributed by atoms with Crippen molar-refractivity contribution in [1.82, 2.24) is 10.2 Å². The van der Waals surface area contributed by atoms with Crippen LogP contribution in [0, 0.1) is 5.92 Å². The molecule has 2 aliphatic rings. The first-order valence-corrected chi connectivity index (χ1v) is 11.0. The molecule has 30 heavy (non-hydrogen) atoms. The molecule has 1 aromatic heterocycles. The first-order chi connectivity index (χ1) is 14.7. The van der Waals surface area contributed by atoms with Crippen molar-refractivity contribution in [2.45, 2.75) is 57.2 Å². The smallest absolute Gasteiger partial charge is 0.254 e. The Bertz CT molecular complexity index is 821. The van der Waals surface area contributed by atoms with Crippen LogP contribution in [0.1, 0.15) is 54.6 Å². The Morgan fingerprint density at radius 3 is 2.73 bits per heavy atom. The molecule has 2 fully saturated rings. The second-order valence-electron chi connectivity index (χ2n) is 8.22. The molecular formula is C24H30N2O4. The molecule has 1 aliphatic carbocycles. The monoisotopic (exact) mass is 410 g/mol. The quantitative estimate of drug-likeness (QED) is 0.673. The zero-order chi connectivity index (χ0) is 20.8. The highest BCUT2D eigenvalue weighted by atomic mass is 16.5. The summed E-state index contributed by atoms with van der Waals surface area (Å²) < 4.78 is 10.8. The van der Waals surface area contributed by atoms with Crippen molar-refractivity contribution in [3.05, 3.63) is 60.1 Å². The maximum absolute atomic E-state index is 13.3. The molecular weight excluding hydrogens is 380 g/mol. The number of nitrogens with zero attached hydrogens (tertiary/aromatic N) is 1. The van der Waals surface area contributed by atoms with E-state index in [9.17, 15) is 9.59 Å². The van der Waals surface area contributed by atoms with Crippen molar-refractivity contribution in [3.8, 4) is 0 Å². The van der Waals surface area contributed by atoms with Gasteiger partial charge in [0.1, 0.15) is 18.4 Å². The van der Waals surface area contributed by atoms with Crippen LogP contribution in [-0.4, -0.2) is 41.9 Å². The Labute approximate surface area is 177 Å². The van der Waals surface area contributed by atoms with E-state index in [-0.39, 0.29) is 23.9 Å². The van der Waals surface area contributed by atoms with Gasteiger partial charge in [-0.3, -0.25) is 9.59 Å². The molecule has 4 rings (SSSR count). The number of hydrogen-bond donors (Lipinski definition) is 1. The van der Waals surface area contributed by atoms with Crippen LogP contribution < -0.4 is 5.32 Å². The molecule has 2 aromatic rings. The SMILES string of the molecule is O=C(NCCCOCc1ccco1)C1CC2CCCCC2N1C(=O)c1ccccc1. The average Bonchev–Trinajstić information content (AvgIpc) is 3.44. The maximum Gasteiger partial charge on any atom is 0.254 e. The van der Waals surface area contributed by atoms with Gasteiger partial charge in [0.2, 0.25) is 5.91 Å². The third-order valence-corrected chi connectivity index (χ3v) is 6.24. The Morgan fingerprint density at radius 1 is 1.10 bits per heavy atom. The molecule has 6 nitrogen and oxygen atoms in total. The summed E-state index contributed by atoms with van der Waals surface area (Å²) in [6.45, 7) is 1.52. The summed E-state index contributed by atoms with van der Waals surface area (Å²) >= 11 is 0. The molecule has 160 valence electrons. The third kappa shape index (κ3) is 4.75. The van der Waals surface area contributed by atoms with Crippen LogP contribution in [0.2, 0.25) is 0 Å². The average molecular weight is 411 g/mol. The van der Waals surface area contributed by atoms with Crippen LogP contribution in [0.4, 0.5) is 0 Å². The predicted molar refractivity (Wildman–Crippen MR) is 113 cm³/mol. The van der Waals surface area contributed by atoms with E-state index in [1.54, 1.807) is 6.26 Å². The summed E-state index contributed by atoms with van der Waals surface area (Å²) in [5.74, 6) is 1.16. The normalized spacial score (nSPS) is 23.2. The van der Waals surface area contributed by atoms with E-state index in [1.165, 1.54) is 6.42 Å². The van der Waals surface area contributed by atoms with Crippen LogP contribution >= 0.6 is 0 Å². The minimum atomic E-state index is -0.380. The van der Waals surface area contributed by atoms with Crippen molar-refractivity contribution >= 4 is 11.8 Å². The molecule has 2 amide bonds. The highest BCUT2D eigenvalue weighted by molar-refractivity contribution is 5.98. The lowest BCUT2D eigenvalue weighted by Gasteiger charge is -2.33. The number of nitrogens with one attached hydrogen (secondary N) is 1. The largest absolute Gasteiger partial charge is 0.467 e. The molecule has 6 heteroatoms. The number of hydrogen-bond acceptors (Lipinski definition) is 4. The van der Waals surface area contributed by atoms with Crippen molar-refractivity contribution in [2.24, 2.45) is 5.92 Å². The number of likely N-dealkylation sites (tertiary alicyclic amines) is 1. The molecule has 1 aliphatic heterocycles. The lowest BCUT2D eigenvalue weighted by molar-refractivity contribution is -0.125. The first-order valence-electron chi connectivity index (χ1n) is 11.0. The fourth-order valence-electron chi connectivity index (χ4n) is 4.79. The molecule has 3 unspecified atom stereocenters. The van der Waals surface area contributed by atoms with Gasteiger partial charge < -0.3 is 19.4 Å². The predicted octanol–water partition coefficient (Wildman–Crippen LogP) is 3.78. The van der Waals surface area contributed by atoms with E-state index in [0.717, 1.165) is 37.9 Å². The molecule has 1 aromatic carbocycles. The highest BCUT2D eigenvalue weighted by Gasteiger charge is 2.47. The van der Waals surface area contributed by atoms with Gasteiger partial charge in [0, 0.05) is 24.8 Å². The molecule has 1 saturated carbocycles. The number of amides is 2. The molecule has 1 saturated heterocycles. The van der Waals surface area contributed by atoms with Gasteiger partial charge >= 0.3 is 0 Å². The summed E-state index contributed by atoms with van der Waals surface area (Å²) in [7, 11) is 0. The number of benzene rings is 1. The van der Waals surface area contributed by atoms with Crippen LogP contribution in [0.15, 0.2) is 53.1 Å². The van der Waals surface area contributed by atoms with E-state index < -0.39 is 0 Å². The van der Waals surface area contributed by atoms with E-state index in [4.69, 9.17) is 9.15 Å². The highest BCUT2D eigenvalue weighted by Crippen LogP contribution is 2.40. The fraction of sp³-hybridized carbons (Fsp3) is 0.500. The Balaban J connectivity index is 1.32. The number of furan rings is 1. The summed E-state index contributed by atoms with van der Waals surface area (Å²) in [6.07, 6.45) is 7.53. The van der Waals surface area contributed by atoms with Crippen molar-refractivity contribution < 1.29 is 18.7 Å². The third-order valence-electron chi connectivity index (χ3n) is 6.24. The van der Waals surface area contributed by atoms with Crippen molar-refractivity contribution in [1.29, 1.82) is 0 Å². The second kappa shape index (κ2) is 9.94. The van der Waals surface area contributed by atoms with Gasteiger partial charge in [0.25, 0.3) is 5.91 Å². The van der Waals surface area contributed by atoms with Crippen molar-refractivity contribution in [3.63, 3.8) is 0 Å². The number of carbonyl (C=O) groups is 2. The Morgan fingerprint density at radius 2 is 1.93 bits per heavy atom. The van der Waals surface area contributed by atoms with Crippen LogP contribution in [0.3, 0.4) is 0 Å². The van der Waals surface area contributed by atoms with E-state index in [0.29, 0.717) is 31.2 Å². The molecule has 0 spiro atoms. The van der Waals surface area contributed by atoms with Gasteiger partial charge in [-0.25, -0.2) is 0 Å². The standard InChI is InChI=1S/C24H30N2O4/c27-23(25-13-7-14-29-17-20-11-6-15-30-20)22-16-19-10-4-5-12-21(19)26(22)24(28)18-8-2-1-3-9-18/h1-3,6,8-9,11,15,19,21-22H,4-5,7,10,12-14,16-17H2,(H,25,27). The number of carbonyl (C=O) groups excluding carboxylic acids is 2. The van der Waals surface area contributed by atoms with Gasteiger partial charge in [-0.1, -0.05) is 31.0 Å². The Hall–Kier alpha value is -2.60. The number of fused-ring (bicyclic) bond motifs is 1. The fourth-order valence-corrected chi connectivity index (χ4v) is 4.79. The van der Waals surface area contributed by atoms with Gasteiger partial charge in [-0.15, -0.1) is 0 Å². The zero-order valence-electron chi connectivity index (χ0n) is 17.3.